The van der Waals surface area contributed by atoms with Gasteiger partial charge < -0.3 is 20.2 Å². The molecule has 0 spiro atoms. The van der Waals surface area contributed by atoms with Gasteiger partial charge in [0.1, 0.15) is 23.5 Å². The molecular formula is C33H41ClFN3O5S. The lowest BCUT2D eigenvalue weighted by Gasteiger charge is -2.35. The molecular weight excluding hydrogens is 605 g/mol. The van der Waals surface area contributed by atoms with E-state index in [-0.39, 0.29) is 24.2 Å². The summed E-state index contributed by atoms with van der Waals surface area (Å²) in [6.07, 6.45) is 5.66. The lowest BCUT2D eigenvalue weighted by atomic mass is 9.76. The fourth-order valence-electron chi connectivity index (χ4n) is 6.13. The van der Waals surface area contributed by atoms with Crippen molar-refractivity contribution in [2.45, 2.75) is 88.0 Å². The maximum absolute atomic E-state index is 14.3. The normalized spacial score (nSPS) is 19.4. The van der Waals surface area contributed by atoms with Gasteiger partial charge in [-0.15, -0.1) is 0 Å². The van der Waals surface area contributed by atoms with E-state index in [0.29, 0.717) is 42.2 Å². The van der Waals surface area contributed by atoms with Crippen LogP contribution < -0.4 is 15.4 Å². The zero-order valence-electron chi connectivity index (χ0n) is 25.2. The maximum Gasteiger partial charge on any atom is 0.417 e. The second-order valence-electron chi connectivity index (χ2n) is 12.3. The van der Waals surface area contributed by atoms with E-state index in [1.807, 2.05) is 19.9 Å². The van der Waals surface area contributed by atoms with Crippen molar-refractivity contribution in [3.63, 3.8) is 0 Å². The monoisotopic (exact) mass is 645 g/mol. The Morgan fingerprint density at radius 1 is 1.11 bits per heavy atom. The molecule has 238 valence electrons. The highest BCUT2D eigenvalue weighted by molar-refractivity contribution is 7.99. The van der Waals surface area contributed by atoms with Gasteiger partial charge in [0.25, 0.3) is 0 Å². The van der Waals surface area contributed by atoms with Crippen LogP contribution in [0.5, 0.6) is 0 Å². The molecule has 0 radical (unpaired) electrons. The first-order chi connectivity index (χ1) is 21.1. The fraction of sp³-hybridized carbons (Fsp3) is 0.515. The molecule has 0 bridgehead atoms. The summed E-state index contributed by atoms with van der Waals surface area (Å²) in [7, 11) is 0. The number of amides is 3. The molecule has 2 fully saturated rings. The molecule has 44 heavy (non-hydrogen) atoms. The summed E-state index contributed by atoms with van der Waals surface area (Å²) >= 11 is 7.21. The predicted molar refractivity (Wildman–Crippen MR) is 170 cm³/mol. The Morgan fingerprint density at radius 2 is 1.86 bits per heavy atom. The third kappa shape index (κ3) is 9.20. The lowest BCUT2D eigenvalue weighted by molar-refractivity contribution is -0.126. The van der Waals surface area contributed by atoms with Crippen molar-refractivity contribution in [3.05, 3.63) is 70.5 Å². The smallest absolute Gasteiger partial charge is 0.417 e. The molecule has 8 nitrogen and oxygen atoms in total. The summed E-state index contributed by atoms with van der Waals surface area (Å²) in [6.45, 7) is 4.33. The number of aldehydes is 1. The van der Waals surface area contributed by atoms with Gasteiger partial charge in [0, 0.05) is 22.9 Å². The zero-order chi connectivity index (χ0) is 31.7. The van der Waals surface area contributed by atoms with E-state index in [1.165, 1.54) is 12.1 Å². The molecule has 0 aromatic heterocycles. The SMILES string of the molecule is CC(C)(c1cccc(Cl)c1)[C@@H](OC(=O)NS[C@@H](CC1CCCCC1)C(=O)N[C@H](C=O)C[C@@H]1CCNC1=O)c1cccc(F)c1. The van der Waals surface area contributed by atoms with Gasteiger partial charge in [0.15, 0.2) is 0 Å². The highest BCUT2D eigenvalue weighted by atomic mass is 35.5. The van der Waals surface area contributed by atoms with Crippen LogP contribution in [0.4, 0.5) is 9.18 Å². The fourth-order valence-corrected chi connectivity index (χ4v) is 7.15. The Hall–Kier alpha value is -3.11. The number of ether oxygens (including phenoxy) is 1. The van der Waals surface area contributed by atoms with Crippen LogP contribution in [-0.4, -0.2) is 42.0 Å². The number of carbonyl (C=O) groups excluding carboxylic acids is 4. The molecule has 3 N–H and O–H groups in total. The van der Waals surface area contributed by atoms with Crippen molar-refractivity contribution >= 4 is 47.7 Å². The first-order valence-corrected chi connectivity index (χ1v) is 16.5. The van der Waals surface area contributed by atoms with E-state index >= 15 is 0 Å². The molecule has 3 amide bonds. The average Bonchev–Trinajstić information content (AvgIpc) is 3.41. The number of hydrogen-bond acceptors (Lipinski definition) is 6. The molecule has 2 aliphatic rings. The Bertz CT molecular complexity index is 1320. The Morgan fingerprint density at radius 3 is 2.52 bits per heavy atom. The number of hydrogen-bond donors (Lipinski definition) is 3. The molecule has 2 aromatic rings. The van der Waals surface area contributed by atoms with Crippen molar-refractivity contribution in [1.82, 2.24) is 15.4 Å². The van der Waals surface area contributed by atoms with E-state index in [9.17, 15) is 23.6 Å². The van der Waals surface area contributed by atoms with E-state index < -0.39 is 34.7 Å². The lowest BCUT2D eigenvalue weighted by Crippen LogP contribution is -2.44. The van der Waals surface area contributed by atoms with E-state index in [0.717, 1.165) is 49.6 Å². The van der Waals surface area contributed by atoms with Gasteiger partial charge in [-0.2, -0.15) is 0 Å². The maximum atomic E-state index is 14.3. The van der Waals surface area contributed by atoms with Crippen LogP contribution in [0, 0.1) is 17.7 Å². The minimum absolute atomic E-state index is 0.114. The van der Waals surface area contributed by atoms with Crippen molar-refractivity contribution in [1.29, 1.82) is 0 Å². The second kappa shape index (κ2) is 15.8. The molecule has 4 rings (SSSR count). The quantitative estimate of drug-likeness (QED) is 0.171. The van der Waals surface area contributed by atoms with Gasteiger partial charge in [-0.25, -0.2) is 9.18 Å². The predicted octanol–water partition coefficient (Wildman–Crippen LogP) is 6.42. The molecule has 11 heteroatoms. The molecule has 2 aromatic carbocycles. The summed E-state index contributed by atoms with van der Waals surface area (Å²) in [5, 5.41) is 5.39. The van der Waals surface area contributed by atoms with E-state index in [2.05, 4.69) is 15.4 Å². The topological polar surface area (TPSA) is 114 Å². The van der Waals surface area contributed by atoms with Gasteiger partial charge in [-0.3, -0.25) is 14.3 Å². The third-order valence-electron chi connectivity index (χ3n) is 8.64. The molecule has 1 saturated carbocycles. The van der Waals surface area contributed by atoms with E-state index in [1.54, 1.807) is 30.3 Å². The number of nitrogens with one attached hydrogen (secondary N) is 3. The molecule has 1 heterocycles. The minimum atomic E-state index is -0.889. The number of carbonyl (C=O) groups is 4. The Kier molecular flexibility index (Phi) is 12.1. The third-order valence-corrected chi connectivity index (χ3v) is 9.85. The average molecular weight is 646 g/mol. The van der Waals surface area contributed by atoms with Crippen LogP contribution in [0.25, 0.3) is 0 Å². The van der Waals surface area contributed by atoms with Crippen LogP contribution in [0.2, 0.25) is 5.02 Å². The van der Waals surface area contributed by atoms with Crippen LogP contribution in [-0.2, 0) is 24.5 Å². The van der Waals surface area contributed by atoms with Crippen LogP contribution in [0.15, 0.2) is 48.5 Å². The standard InChI is InChI=1S/C33H41ClFN3O5S/c1-33(2,24-11-7-12-25(34)19-24)29(22-10-6-13-26(35)17-22)43-32(42)38-44-28(16-21-8-4-3-5-9-21)31(41)37-27(20-39)18-23-14-15-36-30(23)40/h6-7,10-13,17,19-21,23,27-29H,3-5,8-9,14-16,18H2,1-2H3,(H,36,40)(H,37,41)(H,38,42)/t23-,27-,28-,29-/m0/s1. The molecule has 1 aliphatic heterocycles. The highest BCUT2D eigenvalue weighted by Gasteiger charge is 2.37. The van der Waals surface area contributed by atoms with Gasteiger partial charge >= 0.3 is 6.09 Å². The first kappa shape index (κ1) is 33.8. The molecule has 1 saturated heterocycles. The van der Waals surface area contributed by atoms with Crippen LogP contribution in [0.1, 0.15) is 82.4 Å². The summed E-state index contributed by atoms with van der Waals surface area (Å²) in [4.78, 5) is 50.7. The summed E-state index contributed by atoms with van der Waals surface area (Å²) in [5.74, 6) is -0.973. The van der Waals surface area contributed by atoms with Gasteiger partial charge in [0.05, 0.1) is 6.04 Å². The van der Waals surface area contributed by atoms with Gasteiger partial charge in [-0.1, -0.05) is 81.8 Å². The number of halogens is 2. The minimum Gasteiger partial charge on any atom is -0.440 e. The summed E-state index contributed by atoms with van der Waals surface area (Å²) < 4.78 is 23.0. The first-order valence-electron chi connectivity index (χ1n) is 15.2. The molecule has 4 atom stereocenters. The van der Waals surface area contributed by atoms with Crippen molar-refractivity contribution in [2.24, 2.45) is 11.8 Å². The van der Waals surface area contributed by atoms with Crippen LogP contribution >= 0.6 is 23.5 Å². The largest absolute Gasteiger partial charge is 0.440 e. The highest BCUT2D eigenvalue weighted by Crippen LogP contribution is 2.41. The van der Waals surface area contributed by atoms with Crippen LogP contribution in [0.3, 0.4) is 0 Å². The Balaban J connectivity index is 1.48. The van der Waals surface area contributed by atoms with Crippen molar-refractivity contribution < 1.29 is 28.3 Å². The van der Waals surface area contributed by atoms with Crippen molar-refractivity contribution in [2.75, 3.05) is 6.54 Å². The van der Waals surface area contributed by atoms with E-state index in [4.69, 9.17) is 16.3 Å². The number of benzene rings is 2. The van der Waals surface area contributed by atoms with Gasteiger partial charge in [0.2, 0.25) is 11.8 Å². The van der Waals surface area contributed by atoms with Gasteiger partial charge in [-0.05, 0) is 72.5 Å². The summed E-state index contributed by atoms with van der Waals surface area (Å²) in [6, 6.07) is 12.3. The Labute approximate surface area is 267 Å². The number of rotatable bonds is 13. The zero-order valence-corrected chi connectivity index (χ0v) is 26.7. The summed E-state index contributed by atoms with van der Waals surface area (Å²) in [5.41, 5.74) is 0.463. The molecule has 0 unspecified atom stereocenters. The second-order valence-corrected chi connectivity index (χ2v) is 13.7. The van der Waals surface area contributed by atoms with Crippen molar-refractivity contribution in [3.8, 4) is 0 Å². The molecule has 1 aliphatic carbocycles.